The van der Waals surface area contributed by atoms with Gasteiger partial charge in [-0.05, 0) is 42.7 Å². The van der Waals surface area contributed by atoms with Crippen LogP contribution in [-0.2, 0) is 16.1 Å². The third kappa shape index (κ3) is 5.31. The van der Waals surface area contributed by atoms with E-state index in [0.29, 0.717) is 25.4 Å². The van der Waals surface area contributed by atoms with Gasteiger partial charge in [0.05, 0.1) is 6.61 Å². The van der Waals surface area contributed by atoms with Crippen molar-refractivity contribution in [2.45, 2.75) is 25.5 Å². The number of carbonyl (C=O) groups is 2. The number of rotatable bonds is 7. The van der Waals surface area contributed by atoms with E-state index < -0.39 is 17.9 Å². The van der Waals surface area contributed by atoms with Crippen molar-refractivity contribution in [3.8, 4) is 5.75 Å². The number of benzene rings is 2. The number of hydrogen-bond acceptors (Lipinski definition) is 4. The van der Waals surface area contributed by atoms with Gasteiger partial charge in [-0.2, -0.15) is 0 Å². The second-order valence-corrected chi connectivity index (χ2v) is 6.57. The lowest BCUT2D eigenvalue weighted by atomic mass is 9.93. The highest BCUT2D eigenvalue weighted by atomic mass is 16.5. The third-order valence-electron chi connectivity index (χ3n) is 4.58. The number of carboxylic acid groups (broad SMARTS) is 1. The molecule has 0 aromatic heterocycles. The van der Waals surface area contributed by atoms with Crippen LogP contribution in [0, 0.1) is 5.92 Å². The topological polar surface area (TPSA) is 84.9 Å². The predicted molar refractivity (Wildman–Crippen MR) is 99.6 cm³/mol. The van der Waals surface area contributed by atoms with Crippen LogP contribution in [0.5, 0.6) is 5.75 Å². The Labute approximate surface area is 158 Å². The molecule has 0 saturated carbocycles. The number of carboxylic acids is 1. The molecule has 27 heavy (non-hydrogen) atoms. The SMILES string of the molecule is O=C(NC(C(=O)O)C1CCCOC1)c1ccc(COc2ccccc2)cc1. The monoisotopic (exact) mass is 369 g/mol. The fourth-order valence-corrected chi connectivity index (χ4v) is 3.07. The summed E-state index contributed by atoms with van der Waals surface area (Å²) in [5, 5.41) is 12.1. The minimum Gasteiger partial charge on any atom is -0.489 e. The van der Waals surface area contributed by atoms with Crippen LogP contribution in [0.3, 0.4) is 0 Å². The average molecular weight is 369 g/mol. The van der Waals surface area contributed by atoms with Crippen LogP contribution < -0.4 is 10.1 Å². The van der Waals surface area contributed by atoms with E-state index >= 15 is 0 Å². The summed E-state index contributed by atoms with van der Waals surface area (Å²) in [5.41, 5.74) is 1.34. The Morgan fingerprint density at radius 1 is 1.15 bits per heavy atom. The summed E-state index contributed by atoms with van der Waals surface area (Å²) in [6.07, 6.45) is 1.54. The van der Waals surface area contributed by atoms with Crippen LogP contribution >= 0.6 is 0 Å². The third-order valence-corrected chi connectivity index (χ3v) is 4.58. The Balaban J connectivity index is 1.58. The number of amides is 1. The maximum Gasteiger partial charge on any atom is 0.326 e. The van der Waals surface area contributed by atoms with Gasteiger partial charge >= 0.3 is 5.97 Å². The largest absolute Gasteiger partial charge is 0.489 e. The van der Waals surface area contributed by atoms with E-state index in [2.05, 4.69) is 5.32 Å². The average Bonchev–Trinajstić information content (AvgIpc) is 2.72. The van der Waals surface area contributed by atoms with Crippen molar-refractivity contribution in [1.82, 2.24) is 5.32 Å². The van der Waals surface area contributed by atoms with Crippen LogP contribution in [0.4, 0.5) is 0 Å². The molecule has 2 atom stereocenters. The summed E-state index contributed by atoms with van der Waals surface area (Å²) in [6.45, 7) is 1.39. The second kappa shape index (κ2) is 9.19. The fourth-order valence-electron chi connectivity index (χ4n) is 3.07. The van der Waals surface area contributed by atoms with E-state index in [9.17, 15) is 14.7 Å². The maximum absolute atomic E-state index is 12.4. The zero-order chi connectivity index (χ0) is 19.1. The number of aliphatic carboxylic acids is 1. The van der Waals surface area contributed by atoms with Gasteiger partial charge in [0, 0.05) is 18.1 Å². The first-order valence-corrected chi connectivity index (χ1v) is 9.01. The lowest BCUT2D eigenvalue weighted by Gasteiger charge is -2.28. The maximum atomic E-state index is 12.4. The van der Waals surface area contributed by atoms with Gasteiger partial charge < -0.3 is 19.9 Å². The molecule has 142 valence electrons. The molecule has 0 radical (unpaired) electrons. The summed E-state index contributed by atoms with van der Waals surface area (Å²) in [7, 11) is 0. The molecular weight excluding hydrogens is 346 g/mol. The van der Waals surface area contributed by atoms with Crippen LogP contribution in [-0.4, -0.2) is 36.2 Å². The minimum absolute atomic E-state index is 0.209. The molecular formula is C21H23NO5. The highest BCUT2D eigenvalue weighted by Crippen LogP contribution is 2.18. The van der Waals surface area contributed by atoms with Crippen LogP contribution in [0.15, 0.2) is 54.6 Å². The van der Waals surface area contributed by atoms with E-state index in [1.165, 1.54) is 0 Å². The van der Waals surface area contributed by atoms with Crippen molar-refractivity contribution in [3.63, 3.8) is 0 Å². The lowest BCUT2D eigenvalue weighted by molar-refractivity contribution is -0.142. The Kier molecular flexibility index (Phi) is 6.44. The molecule has 1 saturated heterocycles. The van der Waals surface area contributed by atoms with Crippen molar-refractivity contribution >= 4 is 11.9 Å². The number of para-hydroxylation sites is 1. The fraction of sp³-hybridized carbons (Fsp3) is 0.333. The highest BCUT2D eigenvalue weighted by Gasteiger charge is 2.31. The normalized spacial score (nSPS) is 17.7. The molecule has 1 heterocycles. The van der Waals surface area contributed by atoms with Gasteiger partial charge in [0.25, 0.3) is 5.91 Å². The van der Waals surface area contributed by atoms with E-state index in [1.807, 2.05) is 30.3 Å². The quantitative estimate of drug-likeness (QED) is 0.784. The summed E-state index contributed by atoms with van der Waals surface area (Å²) in [6, 6.07) is 15.5. The zero-order valence-corrected chi connectivity index (χ0v) is 15.0. The molecule has 2 aromatic rings. The summed E-state index contributed by atoms with van der Waals surface area (Å²) < 4.78 is 11.0. The Hall–Kier alpha value is -2.86. The molecule has 1 aliphatic rings. The molecule has 2 N–H and O–H groups in total. The van der Waals surface area contributed by atoms with Crippen molar-refractivity contribution in [2.75, 3.05) is 13.2 Å². The van der Waals surface area contributed by atoms with Gasteiger partial charge in [-0.25, -0.2) is 4.79 Å². The second-order valence-electron chi connectivity index (χ2n) is 6.57. The van der Waals surface area contributed by atoms with E-state index in [1.54, 1.807) is 24.3 Å². The molecule has 6 heteroatoms. The van der Waals surface area contributed by atoms with Gasteiger partial charge in [0.1, 0.15) is 18.4 Å². The van der Waals surface area contributed by atoms with Gasteiger partial charge in [0.15, 0.2) is 0 Å². The zero-order valence-electron chi connectivity index (χ0n) is 15.0. The van der Waals surface area contributed by atoms with Crippen molar-refractivity contribution in [2.24, 2.45) is 5.92 Å². The highest BCUT2D eigenvalue weighted by molar-refractivity contribution is 5.96. The molecule has 0 bridgehead atoms. The lowest BCUT2D eigenvalue weighted by Crippen LogP contribution is -2.48. The first-order chi connectivity index (χ1) is 13.1. The van der Waals surface area contributed by atoms with Crippen LogP contribution in [0.2, 0.25) is 0 Å². The van der Waals surface area contributed by atoms with E-state index in [4.69, 9.17) is 9.47 Å². The number of ether oxygens (including phenoxy) is 2. The first-order valence-electron chi connectivity index (χ1n) is 9.01. The molecule has 0 aliphatic carbocycles. The van der Waals surface area contributed by atoms with Gasteiger partial charge in [0.2, 0.25) is 0 Å². The predicted octanol–water partition coefficient (Wildman–Crippen LogP) is 2.88. The van der Waals surface area contributed by atoms with Gasteiger partial charge in [-0.15, -0.1) is 0 Å². The van der Waals surface area contributed by atoms with E-state index in [-0.39, 0.29) is 5.92 Å². The summed E-state index contributed by atoms with van der Waals surface area (Å²) in [5.74, 6) is -0.868. The molecule has 2 unspecified atom stereocenters. The number of carbonyl (C=O) groups excluding carboxylic acids is 1. The summed E-state index contributed by atoms with van der Waals surface area (Å²) in [4.78, 5) is 24.0. The van der Waals surface area contributed by atoms with E-state index in [0.717, 1.165) is 24.2 Å². The molecule has 6 nitrogen and oxygen atoms in total. The molecule has 2 aromatic carbocycles. The smallest absolute Gasteiger partial charge is 0.326 e. The van der Waals surface area contributed by atoms with Crippen molar-refractivity contribution in [3.05, 3.63) is 65.7 Å². The summed E-state index contributed by atoms with van der Waals surface area (Å²) >= 11 is 0. The van der Waals surface area contributed by atoms with Gasteiger partial charge in [-0.3, -0.25) is 4.79 Å². The molecule has 1 amide bonds. The van der Waals surface area contributed by atoms with Crippen molar-refractivity contribution < 1.29 is 24.2 Å². The Bertz CT molecular complexity index is 754. The molecule has 3 rings (SSSR count). The Morgan fingerprint density at radius 2 is 1.89 bits per heavy atom. The minimum atomic E-state index is -1.04. The van der Waals surface area contributed by atoms with Gasteiger partial charge in [-0.1, -0.05) is 30.3 Å². The number of hydrogen-bond donors (Lipinski definition) is 2. The standard InChI is InChI=1S/C21H23NO5/c23-20(22-19(21(24)25)17-5-4-12-26-14-17)16-10-8-15(9-11-16)13-27-18-6-2-1-3-7-18/h1-3,6-11,17,19H,4-5,12-14H2,(H,22,23)(H,24,25). The van der Waals surface area contributed by atoms with Crippen LogP contribution in [0.25, 0.3) is 0 Å². The Morgan fingerprint density at radius 3 is 2.52 bits per heavy atom. The molecule has 1 aliphatic heterocycles. The van der Waals surface area contributed by atoms with Crippen LogP contribution in [0.1, 0.15) is 28.8 Å². The molecule has 1 fully saturated rings. The van der Waals surface area contributed by atoms with Crippen molar-refractivity contribution in [1.29, 1.82) is 0 Å². The first kappa shape index (κ1) is 18.9. The molecule has 0 spiro atoms. The number of nitrogens with one attached hydrogen (secondary N) is 1.